The summed E-state index contributed by atoms with van der Waals surface area (Å²) in [5.41, 5.74) is 2.72. The van der Waals surface area contributed by atoms with Gasteiger partial charge in [-0.15, -0.1) is 0 Å². The Morgan fingerprint density at radius 1 is 1.12 bits per heavy atom. The van der Waals surface area contributed by atoms with Gasteiger partial charge in [-0.2, -0.15) is 4.99 Å². The first-order valence-corrected chi connectivity index (χ1v) is 8.79. The number of ether oxygens (including phenoxy) is 2. The fourth-order valence-corrected chi connectivity index (χ4v) is 3.84. The monoisotopic (exact) mass is 356 g/mol. The third-order valence-corrected chi connectivity index (χ3v) is 4.99. The SMILES string of the molecule is CCn1c(=NC(=O)c2cc(OC)cc(OC)c2)sc2cc(C)ccc21. The number of aryl methyl sites for hydroxylation is 2. The molecule has 5 nitrogen and oxygen atoms in total. The van der Waals surface area contributed by atoms with Crippen molar-refractivity contribution < 1.29 is 14.3 Å². The molecule has 1 heterocycles. The standard InChI is InChI=1S/C19H20N2O3S/c1-5-21-16-7-6-12(2)8-17(16)25-19(21)20-18(22)13-9-14(23-3)11-15(10-13)24-4/h6-11H,5H2,1-4H3. The van der Waals surface area contributed by atoms with E-state index in [1.807, 2.05) is 6.92 Å². The number of amides is 1. The first-order chi connectivity index (χ1) is 12.0. The van der Waals surface area contributed by atoms with Gasteiger partial charge in [0.1, 0.15) is 11.5 Å². The Hall–Kier alpha value is -2.60. The molecule has 0 atom stereocenters. The predicted octanol–water partition coefficient (Wildman–Crippen LogP) is 3.79. The Bertz CT molecular complexity index is 979. The minimum Gasteiger partial charge on any atom is -0.497 e. The van der Waals surface area contributed by atoms with Crippen LogP contribution in [-0.4, -0.2) is 24.7 Å². The summed E-state index contributed by atoms with van der Waals surface area (Å²) in [7, 11) is 3.11. The lowest BCUT2D eigenvalue weighted by Crippen LogP contribution is -2.16. The van der Waals surface area contributed by atoms with Gasteiger partial charge >= 0.3 is 0 Å². The van der Waals surface area contributed by atoms with Gasteiger partial charge in [0.05, 0.1) is 24.4 Å². The normalized spacial score (nSPS) is 11.8. The van der Waals surface area contributed by atoms with Crippen molar-refractivity contribution >= 4 is 27.5 Å². The lowest BCUT2D eigenvalue weighted by atomic mass is 10.2. The molecule has 0 bridgehead atoms. The molecule has 0 radical (unpaired) electrons. The van der Waals surface area contributed by atoms with Gasteiger partial charge in [-0.25, -0.2) is 0 Å². The Morgan fingerprint density at radius 2 is 1.80 bits per heavy atom. The largest absolute Gasteiger partial charge is 0.497 e. The average Bonchev–Trinajstić information content (AvgIpc) is 2.96. The van der Waals surface area contributed by atoms with Crippen LogP contribution < -0.4 is 14.3 Å². The second kappa shape index (κ2) is 7.11. The maximum atomic E-state index is 12.7. The predicted molar refractivity (Wildman–Crippen MR) is 99.7 cm³/mol. The fraction of sp³-hybridized carbons (Fsp3) is 0.263. The molecule has 0 aliphatic rings. The molecule has 0 saturated carbocycles. The first kappa shape index (κ1) is 17.2. The van der Waals surface area contributed by atoms with Gasteiger partial charge < -0.3 is 14.0 Å². The molecule has 1 aromatic heterocycles. The van der Waals surface area contributed by atoms with E-state index in [4.69, 9.17) is 9.47 Å². The van der Waals surface area contributed by atoms with E-state index >= 15 is 0 Å². The van der Waals surface area contributed by atoms with E-state index < -0.39 is 0 Å². The van der Waals surface area contributed by atoms with E-state index in [1.165, 1.54) is 16.9 Å². The Balaban J connectivity index is 2.11. The summed E-state index contributed by atoms with van der Waals surface area (Å²) in [6, 6.07) is 11.3. The topological polar surface area (TPSA) is 52.8 Å². The zero-order valence-corrected chi connectivity index (χ0v) is 15.5. The number of hydrogen-bond acceptors (Lipinski definition) is 4. The maximum absolute atomic E-state index is 12.7. The van der Waals surface area contributed by atoms with Gasteiger partial charge in [0.2, 0.25) is 0 Å². The van der Waals surface area contributed by atoms with Gasteiger partial charge in [-0.3, -0.25) is 4.79 Å². The summed E-state index contributed by atoms with van der Waals surface area (Å²) in [6.45, 7) is 4.85. The highest BCUT2D eigenvalue weighted by atomic mass is 32.1. The molecular formula is C19H20N2O3S. The van der Waals surface area contributed by atoms with Crippen molar-refractivity contribution in [2.24, 2.45) is 4.99 Å². The number of nitrogens with zero attached hydrogens (tertiary/aromatic N) is 2. The Kier molecular flexibility index (Phi) is 4.90. The van der Waals surface area contributed by atoms with Crippen molar-refractivity contribution in [2.75, 3.05) is 14.2 Å². The molecule has 0 fully saturated rings. The van der Waals surface area contributed by atoms with Gasteiger partial charge in [0, 0.05) is 18.2 Å². The zero-order valence-electron chi connectivity index (χ0n) is 14.7. The van der Waals surface area contributed by atoms with Crippen LogP contribution in [0.15, 0.2) is 41.4 Å². The van der Waals surface area contributed by atoms with Crippen molar-refractivity contribution in [2.45, 2.75) is 20.4 Å². The second-order valence-corrected chi connectivity index (χ2v) is 6.63. The van der Waals surface area contributed by atoms with Crippen LogP contribution in [0.2, 0.25) is 0 Å². The van der Waals surface area contributed by atoms with E-state index in [2.05, 4.69) is 34.7 Å². The lowest BCUT2D eigenvalue weighted by molar-refractivity contribution is 0.0997. The first-order valence-electron chi connectivity index (χ1n) is 7.97. The molecule has 25 heavy (non-hydrogen) atoms. The molecule has 0 aliphatic heterocycles. The van der Waals surface area contributed by atoms with Crippen molar-refractivity contribution in [3.8, 4) is 11.5 Å². The molecule has 3 aromatic rings. The van der Waals surface area contributed by atoms with Crippen molar-refractivity contribution in [1.29, 1.82) is 0 Å². The zero-order chi connectivity index (χ0) is 18.0. The number of aromatic nitrogens is 1. The number of thiazole rings is 1. The van der Waals surface area contributed by atoms with E-state index in [0.29, 0.717) is 21.9 Å². The highest BCUT2D eigenvalue weighted by Crippen LogP contribution is 2.23. The van der Waals surface area contributed by atoms with Crippen LogP contribution in [-0.2, 0) is 6.54 Å². The van der Waals surface area contributed by atoms with Crippen LogP contribution >= 0.6 is 11.3 Å². The van der Waals surface area contributed by atoms with Crippen LogP contribution in [0.5, 0.6) is 11.5 Å². The van der Waals surface area contributed by atoms with Crippen LogP contribution in [0.3, 0.4) is 0 Å². The highest BCUT2D eigenvalue weighted by molar-refractivity contribution is 7.16. The number of carbonyl (C=O) groups excluding carboxylic acids is 1. The van der Waals surface area contributed by atoms with Gasteiger partial charge in [0.15, 0.2) is 4.80 Å². The van der Waals surface area contributed by atoms with E-state index in [0.717, 1.165) is 16.8 Å². The number of methoxy groups -OCH3 is 2. The smallest absolute Gasteiger partial charge is 0.279 e. The van der Waals surface area contributed by atoms with Gasteiger partial charge in [0.25, 0.3) is 5.91 Å². The number of carbonyl (C=O) groups is 1. The third-order valence-electron chi connectivity index (χ3n) is 3.95. The lowest BCUT2D eigenvalue weighted by Gasteiger charge is -2.06. The molecule has 0 aliphatic carbocycles. The number of benzene rings is 2. The molecule has 6 heteroatoms. The van der Waals surface area contributed by atoms with E-state index in [1.54, 1.807) is 32.4 Å². The summed E-state index contributed by atoms with van der Waals surface area (Å²) in [5.74, 6) is 0.809. The third kappa shape index (κ3) is 3.44. The van der Waals surface area contributed by atoms with Crippen LogP contribution in [0.1, 0.15) is 22.8 Å². The quantitative estimate of drug-likeness (QED) is 0.715. The summed E-state index contributed by atoms with van der Waals surface area (Å²) < 4.78 is 13.6. The molecule has 0 spiro atoms. The second-order valence-electron chi connectivity index (χ2n) is 5.62. The summed E-state index contributed by atoms with van der Waals surface area (Å²) in [4.78, 5) is 17.7. The van der Waals surface area contributed by atoms with Crippen molar-refractivity contribution in [1.82, 2.24) is 4.57 Å². The molecule has 2 aromatic carbocycles. The summed E-state index contributed by atoms with van der Waals surface area (Å²) >= 11 is 1.52. The number of fused-ring (bicyclic) bond motifs is 1. The molecule has 0 N–H and O–H groups in total. The highest BCUT2D eigenvalue weighted by Gasteiger charge is 2.11. The van der Waals surface area contributed by atoms with Gasteiger partial charge in [-0.1, -0.05) is 17.4 Å². The maximum Gasteiger partial charge on any atom is 0.279 e. The average molecular weight is 356 g/mol. The Morgan fingerprint density at radius 3 is 2.40 bits per heavy atom. The van der Waals surface area contributed by atoms with Crippen LogP contribution in [0, 0.1) is 6.92 Å². The summed E-state index contributed by atoms with van der Waals surface area (Å²) in [6.07, 6.45) is 0. The summed E-state index contributed by atoms with van der Waals surface area (Å²) in [5, 5.41) is 0. The van der Waals surface area contributed by atoms with Crippen molar-refractivity contribution in [3.05, 3.63) is 52.3 Å². The molecule has 0 saturated heterocycles. The number of rotatable bonds is 4. The molecular weight excluding hydrogens is 336 g/mol. The van der Waals surface area contributed by atoms with Crippen LogP contribution in [0.4, 0.5) is 0 Å². The van der Waals surface area contributed by atoms with Crippen molar-refractivity contribution in [3.63, 3.8) is 0 Å². The minimum atomic E-state index is -0.317. The minimum absolute atomic E-state index is 0.317. The number of hydrogen-bond donors (Lipinski definition) is 0. The molecule has 1 amide bonds. The molecule has 3 rings (SSSR count). The van der Waals surface area contributed by atoms with E-state index in [9.17, 15) is 4.79 Å². The van der Waals surface area contributed by atoms with Crippen LogP contribution in [0.25, 0.3) is 10.2 Å². The fourth-order valence-electron chi connectivity index (χ4n) is 2.65. The molecule has 0 unspecified atom stereocenters. The van der Waals surface area contributed by atoms with E-state index in [-0.39, 0.29) is 5.91 Å². The Labute approximate surface area is 150 Å². The molecule has 130 valence electrons. The van der Waals surface area contributed by atoms with Gasteiger partial charge in [-0.05, 0) is 43.7 Å².